The van der Waals surface area contributed by atoms with E-state index in [1.807, 2.05) is 11.8 Å². The highest BCUT2D eigenvalue weighted by molar-refractivity contribution is 8.00. The summed E-state index contributed by atoms with van der Waals surface area (Å²) in [6.07, 6.45) is 8.27. The molecule has 0 aromatic rings. The van der Waals surface area contributed by atoms with Crippen LogP contribution in [0.3, 0.4) is 0 Å². The molecule has 1 saturated heterocycles. The van der Waals surface area contributed by atoms with Crippen molar-refractivity contribution < 1.29 is 9.53 Å². The number of methoxy groups -OCH3 is 1. The van der Waals surface area contributed by atoms with Gasteiger partial charge in [-0.05, 0) is 31.4 Å². The predicted octanol–water partition coefficient (Wildman–Crippen LogP) is 3.01. The third-order valence-corrected chi connectivity index (χ3v) is 5.50. The highest BCUT2D eigenvalue weighted by Gasteiger charge is 2.48. The number of thioether (sulfide) groups is 1. The van der Waals surface area contributed by atoms with E-state index in [1.165, 1.54) is 45.0 Å². The molecule has 0 bridgehead atoms. The fraction of sp³-hybridized carbons (Fsp3) is 0.917. The minimum absolute atomic E-state index is 0.0570. The van der Waals surface area contributed by atoms with Crippen molar-refractivity contribution in [1.29, 1.82) is 0 Å². The van der Waals surface area contributed by atoms with Gasteiger partial charge in [-0.3, -0.25) is 4.79 Å². The molecule has 1 aliphatic carbocycles. The molecular weight excluding hydrogens is 208 g/mol. The van der Waals surface area contributed by atoms with Gasteiger partial charge in [0.15, 0.2) is 0 Å². The molecule has 2 aliphatic rings. The molecular formula is C12H20O2S. The van der Waals surface area contributed by atoms with E-state index in [-0.39, 0.29) is 11.4 Å². The van der Waals surface area contributed by atoms with Crippen LogP contribution in [0.4, 0.5) is 0 Å². The molecule has 0 unspecified atom stereocenters. The second kappa shape index (κ2) is 4.77. The largest absolute Gasteiger partial charge is 0.469 e. The van der Waals surface area contributed by atoms with Gasteiger partial charge in [-0.25, -0.2) is 0 Å². The molecule has 3 heteroatoms. The molecule has 1 aliphatic heterocycles. The van der Waals surface area contributed by atoms with E-state index in [9.17, 15) is 4.79 Å². The monoisotopic (exact) mass is 228 g/mol. The lowest BCUT2D eigenvalue weighted by Gasteiger charge is -2.38. The Labute approximate surface area is 96.1 Å². The Balaban J connectivity index is 2.16. The summed E-state index contributed by atoms with van der Waals surface area (Å²) in [6.45, 7) is 0. The predicted molar refractivity (Wildman–Crippen MR) is 63.0 cm³/mol. The van der Waals surface area contributed by atoms with Gasteiger partial charge in [0.05, 0.1) is 12.5 Å². The number of hydrogen-bond donors (Lipinski definition) is 0. The number of rotatable bonds is 2. The Morgan fingerprint density at radius 1 is 1.27 bits per heavy atom. The average Bonchev–Trinajstić information content (AvgIpc) is 2.83. The number of esters is 1. The van der Waals surface area contributed by atoms with Gasteiger partial charge in [0.25, 0.3) is 0 Å². The van der Waals surface area contributed by atoms with Crippen LogP contribution in [0.25, 0.3) is 0 Å². The van der Waals surface area contributed by atoms with E-state index in [2.05, 4.69) is 0 Å². The molecule has 0 N–H and O–H groups in total. The fourth-order valence-electron chi connectivity index (χ4n) is 3.06. The van der Waals surface area contributed by atoms with Gasteiger partial charge in [-0.1, -0.05) is 19.3 Å². The van der Waals surface area contributed by atoms with E-state index in [0.29, 0.717) is 5.25 Å². The highest BCUT2D eigenvalue weighted by Crippen LogP contribution is 2.49. The third kappa shape index (κ3) is 2.03. The summed E-state index contributed by atoms with van der Waals surface area (Å²) < 4.78 is 5.05. The van der Waals surface area contributed by atoms with Gasteiger partial charge in [0, 0.05) is 5.25 Å². The first-order valence-electron chi connectivity index (χ1n) is 5.99. The van der Waals surface area contributed by atoms with E-state index in [0.717, 1.165) is 12.8 Å². The molecule has 1 saturated carbocycles. The summed E-state index contributed by atoms with van der Waals surface area (Å²) in [6, 6.07) is 0. The van der Waals surface area contributed by atoms with E-state index in [4.69, 9.17) is 4.74 Å². The summed E-state index contributed by atoms with van der Waals surface area (Å²) >= 11 is 1.99. The average molecular weight is 228 g/mol. The Morgan fingerprint density at radius 3 is 2.53 bits per heavy atom. The lowest BCUT2D eigenvalue weighted by molar-refractivity contribution is -0.155. The maximum atomic E-state index is 12.0. The molecule has 1 heterocycles. The fourth-order valence-corrected chi connectivity index (χ4v) is 4.66. The number of ether oxygens (including phenoxy) is 1. The first kappa shape index (κ1) is 11.3. The topological polar surface area (TPSA) is 26.3 Å². The molecule has 2 rings (SSSR count). The van der Waals surface area contributed by atoms with Crippen LogP contribution in [0, 0.1) is 5.41 Å². The summed E-state index contributed by atoms with van der Waals surface area (Å²) in [5, 5.41) is 0.533. The van der Waals surface area contributed by atoms with Gasteiger partial charge in [0.1, 0.15) is 0 Å². The van der Waals surface area contributed by atoms with Crippen LogP contribution in [-0.2, 0) is 9.53 Å². The van der Waals surface area contributed by atoms with Gasteiger partial charge >= 0.3 is 5.97 Å². The van der Waals surface area contributed by atoms with Gasteiger partial charge in [0.2, 0.25) is 0 Å². The molecule has 0 amide bonds. The van der Waals surface area contributed by atoms with E-state index < -0.39 is 0 Å². The maximum absolute atomic E-state index is 12.0. The van der Waals surface area contributed by atoms with E-state index >= 15 is 0 Å². The number of carbonyl (C=O) groups excluding carboxylic acids is 1. The van der Waals surface area contributed by atoms with Crippen molar-refractivity contribution in [1.82, 2.24) is 0 Å². The zero-order valence-corrected chi connectivity index (χ0v) is 10.3. The minimum Gasteiger partial charge on any atom is -0.469 e. The molecule has 2 nitrogen and oxygen atoms in total. The molecule has 15 heavy (non-hydrogen) atoms. The first-order chi connectivity index (χ1) is 7.29. The second-order valence-corrected chi connectivity index (χ2v) is 6.02. The summed E-state index contributed by atoms with van der Waals surface area (Å²) in [5.74, 6) is 1.28. The van der Waals surface area contributed by atoms with Crippen molar-refractivity contribution in [2.24, 2.45) is 5.41 Å². The summed E-state index contributed by atoms with van der Waals surface area (Å²) in [4.78, 5) is 12.0. The molecule has 0 spiro atoms. The zero-order chi connectivity index (χ0) is 10.7. The Kier molecular flexibility index (Phi) is 3.60. The van der Waals surface area contributed by atoms with Crippen molar-refractivity contribution in [2.45, 2.75) is 50.2 Å². The second-order valence-electron chi connectivity index (χ2n) is 4.71. The van der Waals surface area contributed by atoms with Crippen LogP contribution in [-0.4, -0.2) is 24.1 Å². The normalized spacial score (nSPS) is 30.1. The minimum atomic E-state index is -0.131. The quantitative estimate of drug-likeness (QED) is 0.680. The Bertz CT molecular complexity index is 228. The van der Waals surface area contributed by atoms with Crippen molar-refractivity contribution in [3.8, 4) is 0 Å². The van der Waals surface area contributed by atoms with Crippen LogP contribution < -0.4 is 0 Å². The van der Waals surface area contributed by atoms with Crippen molar-refractivity contribution in [3.63, 3.8) is 0 Å². The first-order valence-corrected chi connectivity index (χ1v) is 7.04. The molecule has 0 aromatic carbocycles. The Morgan fingerprint density at radius 2 is 2.00 bits per heavy atom. The van der Waals surface area contributed by atoms with Gasteiger partial charge < -0.3 is 4.74 Å². The molecule has 0 radical (unpaired) electrons. The third-order valence-electron chi connectivity index (χ3n) is 3.88. The molecule has 1 atom stereocenters. The lowest BCUT2D eigenvalue weighted by atomic mass is 9.70. The van der Waals surface area contributed by atoms with Gasteiger partial charge in [-0.2, -0.15) is 11.8 Å². The summed E-state index contributed by atoms with van der Waals surface area (Å²) in [7, 11) is 1.54. The number of hydrogen-bond acceptors (Lipinski definition) is 3. The smallest absolute Gasteiger partial charge is 0.312 e. The lowest BCUT2D eigenvalue weighted by Crippen LogP contribution is -2.42. The number of carbonyl (C=O) groups is 1. The van der Waals surface area contributed by atoms with E-state index in [1.54, 1.807) is 0 Å². The van der Waals surface area contributed by atoms with Crippen LogP contribution >= 0.6 is 11.8 Å². The standard InChI is InChI=1S/C12H20O2S/c1-14-11(13)12(7-3-2-4-8-12)10-6-5-9-15-10/h10H,2-9H2,1H3/t10-/m0/s1. The highest BCUT2D eigenvalue weighted by atomic mass is 32.2. The summed E-state index contributed by atoms with van der Waals surface area (Å²) in [5.41, 5.74) is -0.131. The van der Waals surface area contributed by atoms with Crippen LogP contribution in [0.2, 0.25) is 0 Å². The van der Waals surface area contributed by atoms with Crippen molar-refractivity contribution in [2.75, 3.05) is 12.9 Å². The van der Waals surface area contributed by atoms with Crippen LogP contribution in [0.15, 0.2) is 0 Å². The maximum Gasteiger partial charge on any atom is 0.312 e. The zero-order valence-electron chi connectivity index (χ0n) is 9.46. The van der Waals surface area contributed by atoms with Crippen LogP contribution in [0.1, 0.15) is 44.9 Å². The Hall–Kier alpha value is -0.180. The van der Waals surface area contributed by atoms with Crippen molar-refractivity contribution in [3.05, 3.63) is 0 Å². The van der Waals surface area contributed by atoms with Gasteiger partial charge in [-0.15, -0.1) is 0 Å². The molecule has 86 valence electrons. The SMILES string of the molecule is COC(=O)C1([C@@H]2CCCS2)CCCCC1. The van der Waals surface area contributed by atoms with Crippen molar-refractivity contribution >= 4 is 17.7 Å². The molecule has 0 aromatic heterocycles. The van der Waals surface area contributed by atoms with Crippen LogP contribution in [0.5, 0.6) is 0 Å². The molecule has 2 fully saturated rings.